The number of halogens is 1. The monoisotopic (exact) mass is 298 g/mol. The maximum atomic E-state index is 10.8. The maximum absolute atomic E-state index is 10.8. The minimum atomic E-state index is -0.431. The molecule has 2 atom stereocenters. The average Bonchev–Trinajstić information content (AvgIpc) is 2.75. The number of anilines is 1. The van der Waals surface area contributed by atoms with Crippen molar-refractivity contribution in [1.29, 1.82) is 0 Å². The number of aliphatic hydroxyl groups is 1. The van der Waals surface area contributed by atoms with Gasteiger partial charge < -0.3 is 10.0 Å². The van der Waals surface area contributed by atoms with Gasteiger partial charge in [-0.05, 0) is 38.7 Å². The standard InChI is InChI=1S/C14H19ClN2O3/c1-9-6-12(17(19)20)8-13(15)14(9)16-5-3-4-11(16)7-10(2)18/h6,8,10-11,18H,3-5,7H2,1-2H3. The summed E-state index contributed by atoms with van der Waals surface area (Å²) in [6.07, 6.45) is 2.38. The lowest BCUT2D eigenvalue weighted by Crippen LogP contribution is -2.32. The maximum Gasteiger partial charge on any atom is 0.271 e. The molecule has 110 valence electrons. The van der Waals surface area contributed by atoms with Gasteiger partial charge in [-0.2, -0.15) is 0 Å². The number of benzene rings is 1. The van der Waals surface area contributed by atoms with E-state index >= 15 is 0 Å². The Hall–Kier alpha value is -1.33. The molecule has 2 rings (SSSR count). The molecule has 0 aliphatic carbocycles. The molecule has 5 nitrogen and oxygen atoms in total. The Morgan fingerprint density at radius 3 is 2.85 bits per heavy atom. The first-order valence-electron chi connectivity index (χ1n) is 6.79. The van der Waals surface area contributed by atoms with E-state index < -0.39 is 4.92 Å². The van der Waals surface area contributed by atoms with Crippen molar-refractivity contribution < 1.29 is 10.0 Å². The molecule has 1 N–H and O–H groups in total. The Morgan fingerprint density at radius 1 is 1.60 bits per heavy atom. The molecule has 1 aromatic rings. The van der Waals surface area contributed by atoms with Crippen LogP contribution in [0.3, 0.4) is 0 Å². The summed E-state index contributed by atoms with van der Waals surface area (Å²) in [5, 5.41) is 20.8. The van der Waals surface area contributed by atoms with Crippen LogP contribution in [0.5, 0.6) is 0 Å². The molecule has 0 spiro atoms. The van der Waals surface area contributed by atoms with Gasteiger partial charge in [-0.25, -0.2) is 0 Å². The zero-order valence-electron chi connectivity index (χ0n) is 11.7. The first-order valence-corrected chi connectivity index (χ1v) is 7.17. The van der Waals surface area contributed by atoms with E-state index in [9.17, 15) is 15.2 Å². The van der Waals surface area contributed by atoms with Crippen molar-refractivity contribution >= 4 is 23.0 Å². The molecule has 2 unspecified atom stereocenters. The Balaban J connectivity index is 2.34. The SMILES string of the molecule is Cc1cc([N+](=O)[O-])cc(Cl)c1N1CCCC1CC(C)O. The van der Waals surface area contributed by atoms with Crippen LogP contribution in [0.25, 0.3) is 0 Å². The minimum absolute atomic E-state index is 0.0162. The highest BCUT2D eigenvalue weighted by Gasteiger charge is 2.29. The van der Waals surface area contributed by atoms with Crippen molar-refractivity contribution in [3.05, 3.63) is 32.8 Å². The second kappa shape index (κ2) is 5.97. The van der Waals surface area contributed by atoms with Crippen molar-refractivity contribution in [2.45, 2.75) is 45.3 Å². The predicted octanol–water partition coefficient (Wildman–Crippen LogP) is 3.30. The summed E-state index contributed by atoms with van der Waals surface area (Å²) in [7, 11) is 0. The molecule has 0 aromatic heterocycles. The van der Waals surface area contributed by atoms with E-state index in [-0.39, 0.29) is 17.8 Å². The summed E-state index contributed by atoms with van der Waals surface area (Å²) >= 11 is 6.25. The summed E-state index contributed by atoms with van der Waals surface area (Å²) in [5.41, 5.74) is 1.68. The zero-order chi connectivity index (χ0) is 14.9. The van der Waals surface area contributed by atoms with Crippen LogP contribution < -0.4 is 4.90 Å². The van der Waals surface area contributed by atoms with Crippen LogP contribution in [0.4, 0.5) is 11.4 Å². The first-order chi connectivity index (χ1) is 9.40. The van der Waals surface area contributed by atoms with Crippen molar-refractivity contribution in [3.63, 3.8) is 0 Å². The van der Waals surface area contributed by atoms with Crippen molar-refractivity contribution in [3.8, 4) is 0 Å². The number of nitro benzene ring substituents is 1. The Kier molecular flexibility index (Phi) is 4.50. The Bertz CT molecular complexity index is 496. The lowest BCUT2D eigenvalue weighted by molar-refractivity contribution is -0.384. The third-order valence-electron chi connectivity index (χ3n) is 3.73. The van der Waals surface area contributed by atoms with Gasteiger partial charge >= 0.3 is 0 Å². The van der Waals surface area contributed by atoms with Gasteiger partial charge in [0.25, 0.3) is 5.69 Å². The van der Waals surface area contributed by atoms with Crippen molar-refractivity contribution in [1.82, 2.24) is 0 Å². The van der Waals surface area contributed by atoms with Crippen LogP contribution in [0.15, 0.2) is 12.1 Å². The Labute approximate surface area is 123 Å². The topological polar surface area (TPSA) is 66.6 Å². The minimum Gasteiger partial charge on any atom is -0.393 e. The third kappa shape index (κ3) is 3.04. The van der Waals surface area contributed by atoms with Crippen molar-refractivity contribution in [2.75, 3.05) is 11.4 Å². The molecular formula is C14H19ClN2O3. The van der Waals surface area contributed by atoms with Gasteiger partial charge in [0.05, 0.1) is 21.7 Å². The summed E-state index contributed by atoms with van der Waals surface area (Å²) in [4.78, 5) is 12.6. The van der Waals surface area contributed by atoms with Gasteiger partial charge in [-0.1, -0.05) is 11.6 Å². The molecule has 0 bridgehead atoms. The highest BCUT2D eigenvalue weighted by atomic mass is 35.5. The fraction of sp³-hybridized carbons (Fsp3) is 0.571. The van der Waals surface area contributed by atoms with Crippen molar-refractivity contribution in [2.24, 2.45) is 0 Å². The summed E-state index contributed by atoms with van der Waals surface area (Å²) < 4.78 is 0. The van der Waals surface area contributed by atoms with E-state index in [2.05, 4.69) is 4.90 Å². The average molecular weight is 299 g/mol. The molecule has 0 radical (unpaired) electrons. The molecule has 20 heavy (non-hydrogen) atoms. The lowest BCUT2D eigenvalue weighted by Gasteiger charge is -2.30. The van der Waals surface area contributed by atoms with Gasteiger partial charge in [0, 0.05) is 24.7 Å². The highest BCUT2D eigenvalue weighted by Crippen LogP contribution is 2.38. The quantitative estimate of drug-likeness (QED) is 0.684. The van der Waals surface area contributed by atoms with Crippen LogP contribution in [-0.4, -0.2) is 28.7 Å². The molecule has 1 saturated heterocycles. The van der Waals surface area contributed by atoms with Crippen LogP contribution in [0, 0.1) is 17.0 Å². The summed E-state index contributed by atoms with van der Waals surface area (Å²) in [6.45, 7) is 4.49. The number of hydrogen-bond acceptors (Lipinski definition) is 4. The van der Waals surface area contributed by atoms with Crippen LogP contribution in [0.1, 0.15) is 31.7 Å². The first kappa shape index (κ1) is 15.1. The lowest BCUT2D eigenvalue weighted by atomic mass is 10.1. The summed E-state index contributed by atoms with van der Waals surface area (Å²) in [6, 6.07) is 3.20. The molecule has 1 aliphatic heterocycles. The molecule has 1 aliphatic rings. The van der Waals surface area contributed by atoms with Gasteiger partial charge in [0.2, 0.25) is 0 Å². The number of hydrogen-bond donors (Lipinski definition) is 1. The second-order valence-electron chi connectivity index (χ2n) is 5.42. The fourth-order valence-corrected chi connectivity index (χ4v) is 3.33. The number of nitrogens with zero attached hydrogens (tertiary/aromatic N) is 2. The van der Waals surface area contributed by atoms with Crippen LogP contribution in [0.2, 0.25) is 5.02 Å². The fourth-order valence-electron chi connectivity index (χ4n) is 2.96. The predicted molar refractivity (Wildman–Crippen MR) is 79.5 cm³/mol. The van der Waals surface area contributed by atoms with E-state index in [1.807, 2.05) is 6.92 Å². The zero-order valence-corrected chi connectivity index (χ0v) is 12.4. The van der Waals surface area contributed by atoms with Gasteiger partial charge in [0.15, 0.2) is 0 Å². The van der Waals surface area contributed by atoms with Gasteiger partial charge in [-0.15, -0.1) is 0 Å². The van der Waals surface area contributed by atoms with Gasteiger partial charge in [-0.3, -0.25) is 10.1 Å². The third-order valence-corrected chi connectivity index (χ3v) is 4.02. The van der Waals surface area contributed by atoms with E-state index in [0.29, 0.717) is 11.4 Å². The van der Waals surface area contributed by atoms with Gasteiger partial charge in [0.1, 0.15) is 0 Å². The number of non-ortho nitro benzene ring substituents is 1. The number of rotatable bonds is 4. The molecular weight excluding hydrogens is 280 g/mol. The molecule has 0 saturated carbocycles. The second-order valence-corrected chi connectivity index (χ2v) is 5.83. The van der Waals surface area contributed by atoms with E-state index in [0.717, 1.165) is 30.6 Å². The number of nitro groups is 1. The van der Waals surface area contributed by atoms with E-state index in [1.54, 1.807) is 13.0 Å². The summed E-state index contributed by atoms with van der Waals surface area (Å²) in [5.74, 6) is 0. The molecule has 1 fully saturated rings. The van der Waals surface area contributed by atoms with E-state index in [4.69, 9.17) is 11.6 Å². The molecule has 1 heterocycles. The number of aryl methyl sites for hydroxylation is 1. The van der Waals surface area contributed by atoms with E-state index in [1.165, 1.54) is 6.07 Å². The molecule has 6 heteroatoms. The largest absolute Gasteiger partial charge is 0.393 e. The normalized spacial score (nSPS) is 20.2. The molecule has 1 aromatic carbocycles. The number of aliphatic hydroxyl groups excluding tert-OH is 1. The Morgan fingerprint density at radius 2 is 2.30 bits per heavy atom. The van der Waals surface area contributed by atoms with Crippen LogP contribution >= 0.6 is 11.6 Å². The molecule has 0 amide bonds. The van der Waals surface area contributed by atoms with Crippen LogP contribution in [-0.2, 0) is 0 Å². The highest BCUT2D eigenvalue weighted by molar-refractivity contribution is 6.33. The smallest absolute Gasteiger partial charge is 0.271 e.